The van der Waals surface area contributed by atoms with E-state index in [0.717, 1.165) is 42.0 Å². The van der Waals surface area contributed by atoms with Crippen molar-refractivity contribution in [3.63, 3.8) is 0 Å². The van der Waals surface area contributed by atoms with Crippen molar-refractivity contribution < 1.29 is 4.79 Å². The summed E-state index contributed by atoms with van der Waals surface area (Å²) in [7, 11) is 0. The second-order valence-electron chi connectivity index (χ2n) is 7.01. The van der Waals surface area contributed by atoms with Crippen LogP contribution in [0, 0.1) is 24.3 Å². The molecule has 2 aliphatic heterocycles. The first-order valence-electron chi connectivity index (χ1n) is 8.89. The Kier molecular flexibility index (Phi) is 4.21. The van der Waals surface area contributed by atoms with Gasteiger partial charge in [-0.15, -0.1) is 0 Å². The van der Waals surface area contributed by atoms with E-state index in [9.17, 15) is 4.79 Å². The number of hydrogen-bond acceptors (Lipinski definition) is 4. The molecule has 4 rings (SSSR count). The Morgan fingerprint density at radius 3 is 2.77 bits per heavy atom. The lowest BCUT2D eigenvalue weighted by molar-refractivity contribution is 0.204. The third-order valence-electron chi connectivity index (χ3n) is 5.32. The molecule has 3 heterocycles. The Bertz CT molecular complexity index is 857. The molecule has 0 unspecified atom stereocenters. The molecule has 6 nitrogen and oxygen atoms in total. The molecule has 6 heteroatoms. The maximum Gasteiger partial charge on any atom is 0.322 e. The summed E-state index contributed by atoms with van der Waals surface area (Å²) < 4.78 is 0. The zero-order chi connectivity index (χ0) is 18.1. The van der Waals surface area contributed by atoms with Gasteiger partial charge in [0.2, 0.25) is 0 Å². The van der Waals surface area contributed by atoms with Gasteiger partial charge in [0.15, 0.2) is 6.19 Å². The largest absolute Gasteiger partial charge is 0.322 e. The van der Waals surface area contributed by atoms with Gasteiger partial charge >= 0.3 is 6.03 Å². The van der Waals surface area contributed by atoms with Crippen molar-refractivity contribution in [3.05, 3.63) is 48.3 Å². The Morgan fingerprint density at radius 1 is 1.23 bits per heavy atom. The summed E-state index contributed by atoms with van der Waals surface area (Å²) in [6, 6.07) is 11.9. The Labute approximate surface area is 153 Å². The number of likely N-dealkylation sites (tertiary alicyclic amines) is 2. The van der Waals surface area contributed by atoms with Crippen LogP contribution < -0.4 is 5.32 Å². The fourth-order valence-corrected chi connectivity index (χ4v) is 3.96. The molecule has 1 aromatic heterocycles. The molecular weight excluding hydrogens is 326 g/mol. The number of hydrogen-bond donors (Lipinski definition) is 1. The van der Waals surface area contributed by atoms with E-state index in [1.165, 1.54) is 0 Å². The van der Waals surface area contributed by atoms with Gasteiger partial charge in [0.25, 0.3) is 0 Å². The molecule has 0 radical (unpaired) electrons. The van der Waals surface area contributed by atoms with Crippen LogP contribution in [0.5, 0.6) is 0 Å². The molecule has 0 aliphatic carbocycles. The summed E-state index contributed by atoms with van der Waals surface area (Å²) in [4.78, 5) is 20.5. The van der Waals surface area contributed by atoms with Crippen LogP contribution in [0.4, 0.5) is 10.5 Å². The number of urea groups is 1. The third-order valence-corrected chi connectivity index (χ3v) is 5.32. The number of aryl methyl sites for hydroxylation is 1. The van der Waals surface area contributed by atoms with Gasteiger partial charge in [-0.1, -0.05) is 12.1 Å². The molecule has 26 heavy (non-hydrogen) atoms. The molecule has 2 fully saturated rings. The van der Waals surface area contributed by atoms with E-state index in [2.05, 4.69) is 16.5 Å². The normalized spacial score (nSPS) is 21.4. The number of pyridine rings is 1. The van der Waals surface area contributed by atoms with Crippen LogP contribution in [0.2, 0.25) is 0 Å². The maximum absolute atomic E-state index is 12.7. The SMILES string of the molecule is Cc1cc(-c2ccc(NC(=O)N3CC[C@@H]4CN(C#N)C[C@@H]43)cc2)ccn1. The van der Waals surface area contributed by atoms with Crippen molar-refractivity contribution in [3.8, 4) is 17.3 Å². The number of nitrogens with zero attached hydrogens (tertiary/aromatic N) is 4. The molecule has 0 bridgehead atoms. The zero-order valence-corrected chi connectivity index (χ0v) is 14.7. The Morgan fingerprint density at radius 2 is 2.04 bits per heavy atom. The second-order valence-corrected chi connectivity index (χ2v) is 7.01. The van der Waals surface area contributed by atoms with Gasteiger partial charge in [-0.25, -0.2) is 4.79 Å². The molecule has 2 atom stereocenters. The van der Waals surface area contributed by atoms with Crippen molar-refractivity contribution in [2.75, 3.05) is 25.0 Å². The average Bonchev–Trinajstić information content (AvgIpc) is 3.22. The second kappa shape index (κ2) is 6.68. The van der Waals surface area contributed by atoms with Gasteiger partial charge in [-0.05, 0) is 48.7 Å². The lowest BCUT2D eigenvalue weighted by atomic mass is 10.1. The average molecular weight is 347 g/mol. The van der Waals surface area contributed by atoms with Gasteiger partial charge in [-0.3, -0.25) is 4.98 Å². The highest BCUT2D eigenvalue weighted by Crippen LogP contribution is 2.31. The number of anilines is 1. The van der Waals surface area contributed by atoms with Crippen LogP contribution >= 0.6 is 0 Å². The first-order valence-corrected chi connectivity index (χ1v) is 8.89. The first kappa shape index (κ1) is 16.4. The van der Waals surface area contributed by atoms with Crippen molar-refractivity contribution in [2.45, 2.75) is 19.4 Å². The zero-order valence-electron chi connectivity index (χ0n) is 14.7. The molecule has 2 saturated heterocycles. The van der Waals surface area contributed by atoms with Crippen LogP contribution in [-0.4, -0.2) is 46.5 Å². The number of fused-ring (bicyclic) bond motifs is 1. The molecular formula is C20H21N5O. The van der Waals surface area contributed by atoms with E-state index in [1.807, 2.05) is 48.2 Å². The number of carbonyl (C=O) groups is 1. The lowest BCUT2D eigenvalue weighted by Gasteiger charge is -2.24. The van der Waals surface area contributed by atoms with Gasteiger partial charge in [0.1, 0.15) is 0 Å². The van der Waals surface area contributed by atoms with E-state index in [4.69, 9.17) is 5.26 Å². The number of amides is 2. The first-order chi connectivity index (χ1) is 12.6. The van der Waals surface area contributed by atoms with Crippen molar-refractivity contribution in [1.29, 1.82) is 5.26 Å². The number of nitrogens with one attached hydrogen (secondary N) is 1. The number of aromatic nitrogens is 1. The van der Waals surface area contributed by atoms with Crippen LogP contribution in [0.1, 0.15) is 12.1 Å². The predicted molar refractivity (Wildman–Crippen MR) is 99.2 cm³/mol. The molecule has 1 N–H and O–H groups in total. The predicted octanol–water partition coefficient (Wildman–Crippen LogP) is 3.08. The molecule has 132 valence electrons. The molecule has 1 aromatic carbocycles. The van der Waals surface area contributed by atoms with Crippen LogP contribution in [0.3, 0.4) is 0 Å². The third kappa shape index (κ3) is 3.08. The van der Waals surface area contributed by atoms with Crippen LogP contribution in [0.15, 0.2) is 42.6 Å². The topological polar surface area (TPSA) is 72.3 Å². The lowest BCUT2D eigenvalue weighted by Crippen LogP contribution is -2.41. The standard InChI is InChI=1S/C20H21N5O/c1-14-10-16(6-8-22-14)15-2-4-18(5-3-15)23-20(26)25-9-7-17-11-24(13-21)12-19(17)25/h2-6,8,10,17,19H,7,9,11-12H2,1H3,(H,23,26)/t17-,19+/m1/s1. The quantitative estimate of drug-likeness (QED) is 0.848. The number of carbonyl (C=O) groups excluding carboxylic acids is 1. The van der Waals surface area contributed by atoms with Crippen molar-refractivity contribution in [1.82, 2.24) is 14.8 Å². The number of rotatable bonds is 2. The van der Waals surface area contributed by atoms with E-state index >= 15 is 0 Å². The minimum Gasteiger partial charge on any atom is -0.319 e. The molecule has 2 aromatic rings. The van der Waals surface area contributed by atoms with Crippen molar-refractivity contribution in [2.24, 2.45) is 5.92 Å². The summed E-state index contributed by atoms with van der Waals surface area (Å²) in [5, 5.41) is 12.1. The van der Waals surface area contributed by atoms with E-state index < -0.39 is 0 Å². The smallest absolute Gasteiger partial charge is 0.319 e. The summed E-state index contributed by atoms with van der Waals surface area (Å²) in [6.07, 6.45) is 4.97. The monoisotopic (exact) mass is 347 g/mol. The van der Waals surface area contributed by atoms with Gasteiger partial charge in [0.05, 0.1) is 6.04 Å². The Balaban J connectivity index is 1.43. The van der Waals surface area contributed by atoms with Gasteiger partial charge < -0.3 is 15.1 Å². The fraction of sp³-hybridized carbons (Fsp3) is 0.350. The highest BCUT2D eigenvalue weighted by Gasteiger charge is 2.43. The van der Waals surface area contributed by atoms with E-state index in [1.54, 1.807) is 11.1 Å². The van der Waals surface area contributed by atoms with Gasteiger partial charge in [-0.2, -0.15) is 5.26 Å². The fourth-order valence-electron chi connectivity index (χ4n) is 3.96. The highest BCUT2D eigenvalue weighted by atomic mass is 16.2. The summed E-state index contributed by atoms with van der Waals surface area (Å²) in [5.74, 6) is 0.415. The van der Waals surface area contributed by atoms with Crippen LogP contribution in [-0.2, 0) is 0 Å². The van der Waals surface area contributed by atoms with Crippen LogP contribution in [0.25, 0.3) is 11.1 Å². The van der Waals surface area contributed by atoms with Crippen molar-refractivity contribution >= 4 is 11.7 Å². The van der Waals surface area contributed by atoms with E-state index in [-0.39, 0.29) is 12.1 Å². The molecule has 2 amide bonds. The minimum atomic E-state index is -0.0789. The summed E-state index contributed by atoms with van der Waals surface area (Å²) in [6.45, 7) is 4.15. The summed E-state index contributed by atoms with van der Waals surface area (Å²) >= 11 is 0. The molecule has 2 aliphatic rings. The maximum atomic E-state index is 12.7. The Hall–Kier alpha value is -3.07. The van der Waals surface area contributed by atoms with E-state index in [0.29, 0.717) is 12.5 Å². The molecule has 0 spiro atoms. The number of nitriles is 1. The number of benzene rings is 1. The van der Waals surface area contributed by atoms with Gasteiger partial charge in [0, 0.05) is 43.1 Å². The minimum absolute atomic E-state index is 0.0789. The summed E-state index contributed by atoms with van der Waals surface area (Å²) in [5.41, 5.74) is 3.96. The molecule has 0 saturated carbocycles. The highest BCUT2D eigenvalue weighted by molar-refractivity contribution is 5.90.